The van der Waals surface area contributed by atoms with E-state index in [0.717, 1.165) is 36.6 Å². The number of aliphatic hydroxyl groups is 1. The third-order valence-corrected chi connectivity index (χ3v) is 3.45. The Labute approximate surface area is 101 Å². The second kappa shape index (κ2) is 5.04. The van der Waals surface area contributed by atoms with Crippen LogP contribution in [0, 0.1) is 5.92 Å². The molecule has 1 heterocycles. The standard InChI is InChI=1S/C12H17ClN2O/c13-12-5-11(14)2-1-10(12)7-15-4-3-9(6-15)8-16/h1-2,5,9,16H,3-4,6-8,14H2. The molecule has 1 fully saturated rings. The third-order valence-electron chi connectivity index (χ3n) is 3.10. The van der Waals surface area contributed by atoms with Crippen molar-refractivity contribution in [3.05, 3.63) is 28.8 Å². The van der Waals surface area contributed by atoms with Gasteiger partial charge in [0, 0.05) is 30.4 Å². The van der Waals surface area contributed by atoms with Crippen LogP contribution in [0.15, 0.2) is 18.2 Å². The van der Waals surface area contributed by atoms with Crippen molar-refractivity contribution in [1.82, 2.24) is 4.90 Å². The van der Waals surface area contributed by atoms with Crippen LogP contribution in [0.25, 0.3) is 0 Å². The van der Waals surface area contributed by atoms with E-state index in [1.54, 1.807) is 6.07 Å². The number of nitrogens with two attached hydrogens (primary N) is 1. The fourth-order valence-corrected chi connectivity index (χ4v) is 2.39. The molecule has 3 N–H and O–H groups in total. The maximum atomic E-state index is 9.07. The van der Waals surface area contributed by atoms with Crippen molar-refractivity contribution in [2.45, 2.75) is 13.0 Å². The number of likely N-dealkylation sites (tertiary alicyclic amines) is 1. The van der Waals surface area contributed by atoms with Gasteiger partial charge in [-0.3, -0.25) is 4.90 Å². The first-order valence-electron chi connectivity index (χ1n) is 5.56. The summed E-state index contributed by atoms with van der Waals surface area (Å²) in [5.41, 5.74) is 7.45. The normalized spacial score (nSPS) is 21.5. The van der Waals surface area contributed by atoms with Gasteiger partial charge in [0.2, 0.25) is 0 Å². The molecular formula is C12H17ClN2O. The Morgan fingerprint density at radius 2 is 2.31 bits per heavy atom. The number of anilines is 1. The summed E-state index contributed by atoms with van der Waals surface area (Å²) in [5, 5.41) is 9.80. The average Bonchev–Trinajstić information content (AvgIpc) is 2.70. The first-order chi connectivity index (χ1) is 7.69. The van der Waals surface area contributed by atoms with Crippen molar-refractivity contribution in [3.8, 4) is 0 Å². The van der Waals surface area contributed by atoms with E-state index < -0.39 is 0 Å². The molecule has 1 aliphatic heterocycles. The molecule has 3 nitrogen and oxygen atoms in total. The monoisotopic (exact) mass is 240 g/mol. The van der Waals surface area contributed by atoms with Gasteiger partial charge in [-0.15, -0.1) is 0 Å². The Morgan fingerprint density at radius 3 is 2.94 bits per heavy atom. The highest BCUT2D eigenvalue weighted by molar-refractivity contribution is 6.31. The quantitative estimate of drug-likeness (QED) is 0.792. The molecule has 88 valence electrons. The summed E-state index contributed by atoms with van der Waals surface area (Å²) >= 11 is 6.12. The molecule has 2 rings (SSSR count). The van der Waals surface area contributed by atoms with Gasteiger partial charge in [0.1, 0.15) is 0 Å². The van der Waals surface area contributed by atoms with E-state index in [1.165, 1.54) is 0 Å². The lowest BCUT2D eigenvalue weighted by Crippen LogP contribution is -2.21. The van der Waals surface area contributed by atoms with E-state index in [2.05, 4.69) is 4.90 Å². The number of hydrogen-bond acceptors (Lipinski definition) is 3. The number of rotatable bonds is 3. The molecule has 0 aromatic heterocycles. The Bertz CT molecular complexity index is 370. The summed E-state index contributed by atoms with van der Waals surface area (Å²) in [6, 6.07) is 5.64. The predicted octanol–water partition coefficient (Wildman–Crippen LogP) is 1.74. The SMILES string of the molecule is Nc1ccc(CN2CCC(CO)C2)c(Cl)c1. The molecule has 4 heteroatoms. The van der Waals surface area contributed by atoms with Crippen molar-refractivity contribution in [1.29, 1.82) is 0 Å². The molecule has 0 aliphatic carbocycles. The number of aliphatic hydroxyl groups excluding tert-OH is 1. The summed E-state index contributed by atoms with van der Waals surface area (Å²) in [5.74, 6) is 0.424. The summed E-state index contributed by atoms with van der Waals surface area (Å²) in [4.78, 5) is 2.32. The van der Waals surface area contributed by atoms with Crippen LogP contribution < -0.4 is 5.73 Å². The van der Waals surface area contributed by atoms with E-state index >= 15 is 0 Å². The van der Waals surface area contributed by atoms with Gasteiger partial charge < -0.3 is 10.8 Å². The van der Waals surface area contributed by atoms with Crippen molar-refractivity contribution in [2.75, 3.05) is 25.4 Å². The predicted molar refractivity (Wildman–Crippen MR) is 66.3 cm³/mol. The Hall–Kier alpha value is -0.770. The molecule has 0 bridgehead atoms. The van der Waals surface area contributed by atoms with E-state index in [-0.39, 0.29) is 6.61 Å². The van der Waals surface area contributed by atoms with E-state index in [0.29, 0.717) is 11.6 Å². The third kappa shape index (κ3) is 2.67. The summed E-state index contributed by atoms with van der Waals surface area (Å²) in [7, 11) is 0. The molecule has 16 heavy (non-hydrogen) atoms. The fraction of sp³-hybridized carbons (Fsp3) is 0.500. The van der Waals surface area contributed by atoms with Crippen LogP contribution in [-0.2, 0) is 6.54 Å². The molecule has 0 spiro atoms. The molecule has 0 amide bonds. The minimum atomic E-state index is 0.284. The maximum Gasteiger partial charge on any atom is 0.0471 e. The molecule has 0 radical (unpaired) electrons. The van der Waals surface area contributed by atoms with Gasteiger partial charge in [-0.05, 0) is 36.6 Å². The van der Waals surface area contributed by atoms with Gasteiger partial charge in [0.15, 0.2) is 0 Å². The maximum absolute atomic E-state index is 9.07. The van der Waals surface area contributed by atoms with Crippen molar-refractivity contribution < 1.29 is 5.11 Å². The summed E-state index contributed by atoms with van der Waals surface area (Å²) in [6.07, 6.45) is 1.07. The zero-order valence-electron chi connectivity index (χ0n) is 9.19. The minimum Gasteiger partial charge on any atom is -0.399 e. The lowest BCUT2D eigenvalue weighted by molar-refractivity contribution is 0.220. The van der Waals surface area contributed by atoms with Crippen molar-refractivity contribution >= 4 is 17.3 Å². The highest BCUT2D eigenvalue weighted by atomic mass is 35.5. The van der Waals surface area contributed by atoms with E-state index in [9.17, 15) is 0 Å². The Morgan fingerprint density at radius 1 is 1.50 bits per heavy atom. The lowest BCUT2D eigenvalue weighted by atomic mass is 10.1. The second-order valence-electron chi connectivity index (χ2n) is 4.42. The number of halogens is 1. The number of nitrogens with zero attached hydrogens (tertiary/aromatic N) is 1. The zero-order chi connectivity index (χ0) is 11.5. The smallest absolute Gasteiger partial charge is 0.0471 e. The van der Waals surface area contributed by atoms with Gasteiger partial charge in [-0.1, -0.05) is 17.7 Å². The van der Waals surface area contributed by atoms with Crippen LogP contribution in [0.1, 0.15) is 12.0 Å². The zero-order valence-corrected chi connectivity index (χ0v) is 9.95. The number of benzene rings is 1. The van der Waals surface area contributed by atoms with Gasteiger partial charge in [-0.2, -0.15) is 0 Å². The van der Waals surface area contributed by atoms with Crippen LogP contribution in [0.5, 0.6) is 0 Å². The molecule has 1 aromatic rings. The van der Waals surface area contributed by atoms with Crippen LogP contribution >= 0.6 is 11.6 Å². The molecule has 1 aliphatic rings. The van der Waals surface area contributed by atoms with Gasteiger partial charge in [0.05, 0.1) is 0 Å². The van der Waals surface area contributed by atoms with E-state index in [1.807, 2.05) is 12.1 Å². The van der Waals surface area contributed by atoms with Crippen LogP contribution in [0.2, 0.25) is 5.02 Å². The molecule has 1 atom stereocenters. The topological polar surface area (TPSA) is 49.5 Å². The van der Waals surface area contributed by atoms with Gasteiger partial charge in [0.25, 0.3) is 0 Å². The fourth-order valence-electron chi connectivity index (χ4n) is 2.14. The molecule has 1 unspecified atom stereocenters. The Kier molecular flexibility index (Phi) is 3.69. The summed E-state index contributed by atoms with van der Waals surface area (Å²) < 4.78 is 0. The highest BCUT2D eigenvalue weighted by Crippen LogP contribution is 2.23. The molecule has 1 aromatic carbocycles. The van der Waals surface area contributed by atoms with Gasteiger partial charge >= 0.3 is 0 Å². The highest BCUT2D eigenvalue weighted by Gasteiger charge is 2.21. The van der Waals surface area contributed by atoms with E-state index in [4.69, 9.17) is 22.4 Å². The first-order valence-corrected chi connectivity index (χ1v) is 5.94. The van der Waals surface area contributed by atoms with Crippen molar-refractivity contribution in [2.24, 2.45) is 5.92 Å². The summed E-state index contributed by atoms with van der Waals surface area (Å²) in [6.45, 7) is 3.12. The molecule has 0 saturated carbocycles. The number of hydrogen-bond donors (Lipinski definition) is 2. The number of nitrogen functional groups attached to an aromatic ring is 1. The average molecular weight is 241 g/mol. The lowest BCUT2D eigenvalue weighted by Gasteiger charge is -2.16. The van der Waals surface area contributed by atoms with Crippen LogP contribution in [-0.4, -0.2) is 29.7 Å². The van der Waals surface area contributed by atoms with Gasteiger partial charge in [-0.25, -0.2) is 0 Å². The van der Waals surface area contributed by atoms with Crippen LogP contribution in [0.3, 0.4) is 0 Å². The minimum absolute atomic E-state index is 0.284. The molecular weight excluding hydrogens is 224 g/mol. The van der Waals surface area contributed by atoms with Crippen LogP contribution in [0.4, 0.5) is 5.69 Å². The second-order valence-corrected chi connectivity index (χ2v) is 4.83. The van der Waals surface area contributed by atoms with Crippen molar-refractivity contribution in [3.63, 3.8) is 0 Å². The Balaban J connectivity index is 1.99. The molecule has 1 saturated heterocycles. The first kappa shape index (κ1) is 11.7. The largest absolute Gasteiger partial charge is 0.399 e.